The number of fused-ring (bicyclic) bond motifs is 9. The van der Waals surface area contributed by atoms with Gasteiger partial charge in [-0.05, 0) is 54.1 Å². The van der Waals surface area contributed by atoms with Gasteiger partial charge in [0.05, 0.1) is 24.0 Å². The number of rotatable bonds is 4. The normalized spacial score (nSPS) is 33.8. The summed E-state index contributed by atoms with van der Waals surface area (Å²) in [6, 6.07) is 8.10. The van der Waals surface area contributed by atoms with Crippen molar-refractivity contribution in [3.05, 3.63) is 38.7 Å². The number of aromatic nitrogens is 1. The Hall–Kier alpha value is -2.17. The van der Waals surface area contributed by atoms with Crippen molar-refractivity contribution >= 4 is 53.1 Å². The van der Waals surface area contributed by atoms with Gasteiger partial charge in [-0.15, -0.1) is 23.1 Å². The minimum Gasteiger partial charge on any atom is -0.497 e. The number of hydrogen-bond acceptors (Lipinski definition) is 7. The second kappa shape index (κ2) is 7.41. The van der Waals surface area contributed by atoms with Crippen LogP contribution in [0.2, 0.25) is 0 Å². The van der Waals surface area contributed by atoms with E-state index in [-0.39, 0.29) is 40.7 Å². The highest BCUT2D eigenvalue weighted by Gasteiger charge is 2.69. The van der Waals surface area contributed by atoms with Gasteiger partial charge in [-0.2, -0.15) is 0 Å². The van der Waals surface area contributed by atoms with Crippen molar-refractivity contribution < 1.29 is 24.2 Å². The molecule has 0 unspecified atom stereocenters. The molecule has 172 valence electrons. The summed E-state index contributed by atoms with van der Waals surface area (Å²) in [6.07, 6.45) is 0.835. The van der Waals surface area contributed by atoms with Crippen LogP contribution in [0.1, 0.15) is 22.8 Å². The van der Waals surface area contributed by atoms with Gasteiger partial charge in [0.1, 0.15) is 12.3 Å². The molecule has 0 radical (unpaired) electrons. The standard InChI is InChI=1S/C23H22N2O5S3/c1-24-22-19(33-23(24)31)14(9-3-5-10(30-2)6-4-9)15-11-7-12(18(15)32-22)17-16(11)20(28)25(21(17)29)8-13(26)27/h3-6,11-12,14-18H,7-8H2,1-2H3,(H,26,27)/t11-,12+,14+,15+,16+,17-,18-/m1/s1. The summed E-state index contributed by atoms with van der Waals surface area (Å²) < 4.78 is 8.24. The number of carbonyl (C=O) groups excluding carboxylic acids is 2. The van der Waals surface area contributed by atoms with E-state index in [1.807, 2.05) is 19.2 Å². The maximum absolute atomic E-state index is 13.2. The molecule has 7 nitrogen and oxygen atoms in total. The van der Waals surface area contributed by atoms with E-state index in [0.29, 0.717) is 0 Å². The first-order valence-electron chi connectivity index (χ1n) is 10.9. The second-order valence-corrected chi connectivity index (χ2v) is 12.1. The SMILES string of the molecule is COc1ccc([C@@H]2c3sc(=S)n(C)c3S[C@@H]3[C@H]4C[C@@H]([C@@H]5C(=O)N(CC(=O)O)C(=O)[C@H]45)[C@@H]23)cc1. The molecule has 2 saturated carbocycles. The van der Waals surface area contributed by atoms with Crippen LogP contribution in [0.4, 0.5) is 0 Å². The zero-order chi connectivity index (χ0) is 23.2. The fraction of sp³-hybridized carbons (Fsp3) is 0.478. The third kappa shape index (κ3) is 2.86. The molecule has 6 rings (SSSR count). The van der Waals surface area contributed by atoms with Crippen molar-refractivity contribution in [3.63, 3.8) is 0 Å². The van der Waals surface area contributed by atoms with E-state index in [1.165, 1.54) is 4.88 Å². The van der Waals surface area contributed by atoms with Gasteiger partial charge in [-0.1, -0.05) is 12.1 Å². The van der Waals surface area contributed by atoms with Crippen LogP contribution in [0.15, 0.2) is 29.3 Å². The molecule has 0 spiro atoms. The molecule has 2 aliphatic carbocycles. The van der Waals surface area contributed by atoms with Crippen LogP contribution in [0.5, 0.6) is 5.75 Å². The van der Waals surface area contributed by atoms with Crippen LogP contribution in [-0.2, 0) is 21.4 Å². The Bertz CT molecular complexity index is 1250. The van der Waals surface area contributed by atoms with Crippen molar-refractivity contribution in [3.8, 4) is 5.75 Å². The molecule has 3 fully saturated rings. The molecular weight excluding hydrogens is 480 g/mol. The van der Waals surface area contributed by atoms with Gasteiger partial charge in [0.25, 0.3) is 0 Å². The number of carboxylic acids is 1. The Labute approximate surface area is 203 Å². The second-order valence-electron chi connectivity index (χ2n) is 9.28. The molecule has 2 aromatic rings. The van der Waals surface area contributed by atoms with Crippen LogP contribution >= 0.6 is 35.3 Å². The molecule has 1 aromatic carbocycles. The molecule has 2 bridgehead atoms. The fourth-order valence-electron chi connectivity index (χ4n) is 6.72. The van der Waals surface area contributed by atoms with Crippen molar-refractivity contribution in [2.45, 2.75) is 22.6 Å². The topological polar surface area (TPSA) is 88.8 Å². The maximum atomic E-state index is 13.2. The van der Waals surface area contributed by atoms with Gasteiger partial charge >= 0.3 is 5.97 Å². The van der Waals surface area contributed by atoms with Gasteiger partial charge in [-0.25, -0.2) is 0 Å². The number of aliphatic carboxylic acids is 1. The highest BCUT2D eigenvalue weighted by molar-refractivity contribution is 8.00. The number of likely N-dealkylation sites (tertiary alicyclic amines) is 1. The van der Waals surface area contributed by atoms with Crippen molar-refractivity contribution in [2.75, 3.05) is 13.7 Å². The van der Waals surface area contributed by atoms with E-state index in [2.05, 4.69) is 16.7 Å². The molecule has 33 heavy (non-hydrogen) atoms. The molecule has 1 N–H and O–H groups in total. The summed E-state index contributed by atoms with van der Waals surface area (Å²) in [5.41, 5.74) is 1.16. The fourth-order valence-corrected chi connectivity index (χ4v) is 10.2. The predicted octanol–water partition coefficient (Wildman–Crippen LogP) is 3.38. The lowest BCUT2D eigenvalue weighted by Crippen LogP contribution is -2.43. The molecule has 1 aromatic heterocycles. The van der Waals surface area contributed by atoms with Crippen LogP contribution in [0, 0.1) is 33.5 Å². The zero-order valence-corrected chi connectivity index (χ0v) is 20.4. The van der Waals surface area contributed by atoms with Gasteiger partial charge in [0, 0.05) is 23.1 Å². The highest BCUT2D eigenvalue weighted by Crippen LogP contribution is 2.69. The van der Waals surface area contributed by atoms with Gasteiger partial charge < -0.3 is 14.4 Å². The average molecular weight is 503 g/mol. The monoisotopic (exact) mass is 502 g/mol. The molecular formula is C23H22N2O5S3. The lowest BCUT2D eigenvalue weighted by molar-refractivity contribution is -0.149. The summed E-state index contributed by atoms with van der Waals surface area (Å²) in [5.74, 6) is -1.40. The average Bonchev–Trinajstić information content (AvgIpc) is 3.50. The predicted molar refractivity (Wildman–Crippen MR) is 125 cm³/mol. The van der Waals surface area contributed by atoms with Crippen molar-refractivity contribution in [1.29, 1.82) is 0 Å². The van der Waals surface area contributed by atoms with E-state index < -0.39 is 24.3 Å². The van der Waals surface area contributed by atoms with E-state index in [0.717, 1.165) is 31.6 Å². The summed E-state index contributed by atoms with van der Waals surface area (Å²) >= 11 is 9.04. The summed E-state index contributed by atoms with van der Waals surface area (Å²) in [7, 11) is 3.63. The number of thiazole rings is 1. The highest BCUT2D eigenvalue weighted by atomic mass is 32.2. The minimum absolute atomic E-state index is 0.0500. The number of carbonyl (C=O) groups is 3. The zero-order valence-electron chi connectivity index (χ0n) is 18.0. The Kier molecular flexibility index (Phi) is 4.80. The number of thioether (sulfide) groups is 1. The van der Waals surface area contributed by atoms with Crippen LogP contribution < -0.4 is 4.74 Å². The maximum Gasteiger partial charge on any atom is 0.323 e. The smallest absolute Gasteiger partial charge is 0.323 e. The van der Waals surface area contributed by atoms with Crippen molar-refractivity contribution in [1.82, 2.24) is 9.47 Å². The number of hydrogen-bond donors (Lipinski definition) is 1. The summed E-state index contributed by atoms with van der Waals surface area (Å²) in [4.78, 5) is 39.9. The first kappa shape index (κ1) is 21.4. The van der Waals surface area contributed by atoms with Crippen LogP contribution in [0.25, 0.3) is 0 Å². The lowest BCUT2D eigenvalue weighted by Gasteiger charge is -2.43. The Morgan fingerprint density at radius 1 is 1.18 bits per heavy atom. The number of carboxylic acid groups (broad SMARTS) is 1. The van der Waals surface area contributed by atoms with Crippen LogP contribution in [0.3, 0.4) is 0 Å². The molecule has 1 saturated heterocycles. The minimum atomic E-state index is -1.15. The molecule has 4 aliphatic rings. The van der Waals surface area contributed by atoms with Crippen molar-refractivity contribution in [2.24, 2.45) is 36.6 Å². The summed E-state index contributed by atoms with van der Waals surface area (Å²) in [5, 5.41) is 10.6. The number of amides is 2. The van der Waals surface area contributed by atoms with Gasteiger partial charge in [-0.3, -0.25) is 19.3 Å². The number of nitrogens with zero attached hydrogens (tertiary/aromatic N) is 2. The first-order valence-corrected chi connectivity index (χ1v) is 13.0. The van der Waals surface area contributed by atoms with E-state index in [9.17, 15) is 19.5 Å². The van der Waals surface area contributed by atoms with Gasteiger partial charge in [0.2, 0.25) is 11.8 Å². The Morgan fingerprint density at radius 2 is 1.85 bits per heavy atom. The quantitative estimate of drug-likeness (QED) is 0.506. The van der Waals surface area contributed by atoms with E-state index in [1.54, 1.807) is 30.2 Å². The number of imide groups is 1. The van der Waals surface area contributed by atoms with Crippen LogP contribution in [-0.4, -0.2) is 51.3 Å². The summed E-state index contributed by atoms with van der Waals surface area (Å²) in [6.45, 7) is -0.546. The molecule has 7 atom stereocenters. The number of methoxy groups -OCH3 is 1. The number of benzene rings is 1. The Morgan fingerprint density at radius 3 is 2.48 bits per heavy atom. The molecule has 3 heterocycles. The molecule has 2 aliphatic heterocycles. The van der Waals surface area contributed by atoms with E-state index in [4.69, 9.17) is 17.0 Å². The van der Waals surface area contributed by atoms with Gasteiger partial charge in [0.15, 0.2) is 3.95 Å². The molecule has 10 heteroatoms. The Balaban J connectivity index is 1.46. The third-order valence-electron chi connectivity index (χ3n) is 7.92. The lowest BCUT2D eigenvalue weighted by atomic mass is 9.68. The third-order valence-corrected chi connectivity index (χ3v) is 11.3. The van der Waals surface area contributed by atoms with E-state index >= 15 is 0 Å². The number of ether oxygens (including phenoxy) is 1. The molecule has 2 amide bonds. The largest absolute Gasteiger partial charge is 0.497 e. The first-order chi connectivity index (χ1) is 15.8.